The van der Waals surface area contributed by atoms with Gasteiger partial charge in [-0.1, -0.05) is 13.3 Å². The highest BCUT2D eigenvalue weighted by atomic mass is 19.2. The van der Waals surface area contributed by atoms with Gasteiger partial charge in [-0.25, -0.2) is 13.2 Å². The van der Waals surface area contributed by atoms with E-state index in [1.54, 1.807) is 0 Å². The molecule has 0 spiro atoms. The highest BCUT2D eigenvalue weighted by Crippen LogP contribution is 2.27. The van der Waals surface area contributed by atoms with E-state index in [2.05, 4.69) is 0 Å². The molecule has 92 valence electrons. The Bertz CT molecular complexity index is 419. The third-order valence-electron chi connectivity index (χ3n) is 2.49. The summed E-state index contributed by atoms with van der Waals surface area (Å²) >= 11 is 0. The lowest BCUT2D eigenvalue weighted by atomic mass is 9.93. The van der Waals surface area contributed by atoms with Gasteiger partial charge in [-0.05, 0) is 24.1 Å². The Morgan fingerprint density at radius 1 is 1.29 bits per heavy atom. The minimum atomic E-state index is -1.58. The number of hydrogen-bond donors (Lipinski definition) is 1. The van der Waals surface area contributed by atoms with E-state index in [0.29, 0.717) is 25.0 Å². The summed E-state index contributed by atoms with van der Waals surface area (Å²) in [6, 6.07) is 3.29. The second kappa shape index (κ2) is 5.69. The molecule has 0 heterocycles. The van der Waals surface area contributed by atoms with Crippen LogP contribution in [0.5, 0.6) is 0 Å². The lowest BCUT2D eigenvalue weighted by Gasteiger charge is -2.16. The van der Waals surface area contributed by atoms with Gasteiger partial charge < -0.3 is 5.11 Å². The van der Waals surface area contributed by atoms with E-state index in [0.717, 1.165) is 0 Å². The average molecular weight is 243 g/mol. The van der Waals surface area contributed by atoms with Crippen molar-refractivity contribution in [1.29, 1.82) is 5.26 Å². The van der Waals surface area contributed by atoms with Gasteiger partial charge in [-0.2, -0.15) is 5.26 Å². The molecule has 0 saturated heterocycles. The van der Waals surface area contributed by atoms with Crippen LogP contribution < -0.4 is 0 Å². The lowest BCUT2D eigenvalue weighted by molar-refractivity contribution is 0.129. The van der Waals surface area contributed by atoms with Crippen LogP contribution in [0, 0.1) is 34.7 Å². The number of nitrogens with zero attached hydrogens (tertiary/aromatic N) is 1. The Balaban J connectivity index is 3.04. The summed E-state index contributed by atoms with van der Waals surface area (Å²) in [7, 11) is 0. The Labute approximate surface area is 97.3 Å². The smallest absolute Gasteiger partial charge is 0.194 e. The molecule has 0 aromatic heterocycles. The summed E-state index contributed by atoms with van der Waals surface area (Å²) in [6.07, 6.45) is -0.260. The van der Waals surface area contributed by atoms with E-state index in [1.807, 2.05) is 13.0 Å². The molecule has 0 aliphatic carbocycles. The van der Waals surface area contributed by atoms with Crippen LogP contribution in [0.15, 0.2) is 12.1 Å². The monoisotopic (exact) mass is 243 g/mol. The summed E-state index contributed by atoms with van der Waals surface area (Å²) < 4.78 is 38.6. The van der Waals surface area contributed by atoms with E-state index in [-0.39, 0.29) is 5.56 Å². The molecule has 1 rings (SSSR count). The van der Waals surface area contributed by atoms with E-state index >= 15 is 0 Å². The van der Waals surface area contributed by atoms with Crippen molar-refractivity contribution in [3.05, 3.63) is 35.1 Å². The van der Waals surface area contributed by atoms with Crippen molar-refractivity contribution in [2.45, 2.75) is 25.9 Å². The van der Waals surface area contributed by atoms with E-state index < -0.39 is 29.5 Å². The van der Waals surface area contributed by atoms with Crippen molar-refractivity contribution < 1.29 is 18.3 Å². The zero-order valence-corrected chi connectivity index (χ0v) is 9.25. The SMILES string of the molecule is CCCC(C#N)C(O)c1cc(F)c(F)c(F)c1. The lowest BCUT2D eigenvalue weighted by Crippen LogP contribution is -2.12. The number of benzene rings is 1. The van der Waals surface area contributed by atoms with Crippen LogP contribution in [0.2, 0.25) is 0 Å². The number of hydrogen-bond acceptors (Lipinski definition) is 2. The van der Waals surface area contributed by atoms with Gasteiger partial charge >= 0.3 is 0 Å². The molecule has 0 bridgehead atoms. The predicted molar refractivity (Wildman–Crippen MR) is 55.3 cm³/mol. The maximum Gasteiger partial charge on any atom is 0.194 e. The minimum Gasteiger partial charge on any atom is -0.387 e. The summed E-state index contributed by atoms with van der Waals surface area (Å²) in [5.41, 5.74) is -0.124. The summed E-state index contributed by atoms with van der Waals surface area (Å²) in [5, 5.41) is 18.6. The number of aliphatic hydroxyl groups is 1. The van der Waals surface area contributed by atoms with Crippen LogP contribution >= 0.6 is 0 Å². The first kappa shape index (κ1) is 13.5. The second-order valence-electron chi connectivity index (χ2n) is 3.77. The Hall–Kier alpha value is -1.54. The Kier molecular flexibility index (Phi) is 4.53. The van der Waals surface area contributed by atoms with Crippen LogP contribution in [0.25, 0.3) is 0 Å². The van der Waals surface area contributed by atoms with Gasteiger partial charge in [0.2, 0.25) is 0 Å². The van der Waals surface area contributed by atoms with Crippen molar-refractivity contribution in [2.24, 2.45) is 5.92 Å². The Morgan fingerprint density at radius 2 is 1.82 bits per heavy atom. The zero-order chi connectivity index (χ0) is 13.0. The van der Waals surface area contributed by atoms with Crippen molar-refractivity contribution in [3.63, 3.8) is 0 Å². The molecule has 0 saturated carbocycles. The maximum absolute atomic E-state index is 12.9. The highest BCUT2D eigenvalue weighted by Gasteiger charge is 2.22. The summed E-state index contributed by atoms with van der Waals surface area (Å²) in [5.74, 6) is -5.08. The molecule has 1 aromatic rings. The molecule has 17 heavy (non-hydrogen) atoms. The van der Waals surface area contributed by atoms with E-state index in [4.69, 9.17) is 5.26 Å². The first-order chi connectivity index (χ1) is 8.01. The molecular weight excluding hydrogens is 231 g/mol. The molecule has 2 atom stereocenters. The van der Waals surface area contributed by atoms with Crippen LogP contribution in [-0.4, -0.2) is 5.11 Å². The molecule has 1 N–H and O–H groups in total. The first-order valence-corrected chi connectivity index (χ1v) is 5.23. The van der Waals surface area contributed by atoms with Gasteiger partial charge in [-0.15, -0.1) is 0 Å². The van der Waals surface area contributed by atoms with E-state index in [9.17, 15) is 18.3 Å². The fourth-order valence-corrected chi connectivity index (χ4v) is 1.58. The molecule has 0 radical (unpaired) electrons. The molecular formula is C12H12F3NO. The van der Waals surface area contributed by atoms with Gasteiger partial charge in [0.25, 0.3) is 0 Å². The second-order valence-corrected chi connectivity index (χ2v) is 3.77. The quantitative estimate of drug-likeness (QED) is 0.826. The molecule has 2 unspecified atom stereocenters. The van der Waals surface area contributed by atoms with Crippen molar-refractivity contribution in [2.75, 3.05) is 0 Å². The van der Waals surface area contributed by atoms with Gasteiger partial charge in [0.15, 0.2) is 17.5 Å². The van der Waals surface area contributed by atoms with Crippen molar-refractivity contribution in [3.8, 4) is 6.07 Å². The van der Waals surface area contributed by atoms with E-state index in [1.165, 1.54) is 0 Å². The average Bonchev–Trinajstić information content (AvgIpc) is 2.31. The fraction of sp³-hybridized carbons (Fsp3) is 0.417. The number of halogens is 3. The molecule has 0 fully saturated rings. The molecule has 2 nitrogen and oxygen atoms in total. The third kappa shape index (κ3) is 2.98. The summed E-state index contributed by atoms with van der Waals surface area (Å²) in [4.78, 5) is 0. The third-order valence-corrected chi connectivity index (χ3v) is 2.49. The zero-order valence-electron chi connectivity index (χ0n) is 9.25. The number of aliphatic hydroxyl groups excluding tert-OH is 1. The van der Waals surface area contributed by atoms with Crippen molar-refractivity contribution in [1.82, 2.24) is 0 Å². The van der Waals surface area contributed by atoms with Gasteiger partial charge in [0, 0.05) is 0 Å². The normalized spacial score (nSPS) is 14.1. The number of nitriles is 1. The minimum absolute atomic E-state index is 0.124. The Morgan fingerprint density at radius 3 is 2.24 bits per heavy atom. The molecule has 1 aromatic carbocycles. The van der Waals surface area contributed by atoms with Gasteiger partial charge in [-0.3, -0.25) is 0 Å². The molecule has 0 amide bonds. The van der Waals surface area contributed by atoms with Crippen molar-refractivity contribution >= 4 is 0 Å². The van der Waals surface area contributed by atoms with Crippen LogP contribution in [0.1, 0.15) is 31.4 Å². The van der Waals surface area contributed by atoms with Crippen LogP contribution in [0.3, 0.4) is 0 Å². The predicted octanol–water partition coefficient (Wildman–Crippen LogP) is 3.08. The first-order valence-electron chi connectivity index (χ1n) is 5.23. The standard InChI is InChI=1S/C12H12F3NO/c1-2-3-7(6-16)12(17)8-4-9(13)11(15)10(14)5-8/h4-5,7,12,17H,2-3H2,1H3. The largest absolute Gasteiger partial charge is 0.387 e. The molecule has 0 aliphatic heterocycles. The van der Waals surface area contributed by atoms with Crippen LogP contribution in [-0.2, 0) is 0 Å². The number of rotatable bonds is 4. The van der Waals surface area contributed by atoms with Gasteiger partial charge in [0.1, 0.15) is 0 Å². The maximum atomic E-state index is 12.9. The van der Waals surface area contributed by atoms with Crippen LogP contribution in [0.4, 0.5) is 13.2 Å². The summed E-state index contributed by atoms with van der Waals surface area (Å²) in [6.45, 7) is 1.82. The topological polar surface area (TPSA) is 44.0 Å². The van der Waals surface area contributed by atoms with Gasteiger partial charge in [0.05, 0.1) is 18.1 Å². The molecule has 5 heteroatoms. The fourth-order valence-electron chi connectivity index (χ4n) is 1.58. The highest BCUT2D eigenvalue weighted by molar-refractivity contribution is 5.23. The molecule has 0 aliphatic rings.